The lowest BCUT2D eigenvalue weighted by Crippen LogP contribution is -2.28. The predicted octanol–water partition coefficient (Wildman–Crippen LogP) is 1.17. The zero-order valence-electron chi connectivity index (χ0n) is 7.70. The Hall–Kier alpha value is -0.770. The summed E-state index contributed by atoms with van der Waals surface area (Å²) < 4.78 is 0. The van der Waals surface area contributed by atoms with Crippen molar-refractivity contribution >= 4 is 17.3 Å². The summed E-state index contributed by atoms with van der Waals surface area (Å²) in [6.45, 7) is 1.01. The molecule has 1 aromatic carbocycles. The molecule has 14 heavy (non-hydrogen) atoms. The third-order valence-corrected chi connectivity index (χ3v) is 2.87. The summed E-state index contributed by atoms with van der Waals surface area (Å²) in [5, 5.41) is 13.6. The third kappa shape index (κ3) is 1.59. The maximum absolute atomic E-state index is 9.69. The molecular weight excluding hydrogens is 200 g/mol. The molecule has 2 unspecified atom stereocenters. The highest BCUT2D eigenvalue weighted by molar-refractivity contribution is 6.30. The number of rotatable bonds is 2. The molecule has 0 fully saturated rings. The monoisotopic (exact) mass is 212 g/mol. The Kier molecular flexibility index (Phi) is 2.63. The molecule has 0 saturated heterocycles. The van der Waals surface area contributed by atoms with Crippen LogP contribution in [0.3, 0.4) is 0 Å². The first-order valence-corrected chi connectivity index (χ1v) is 5.01. The normalized spacial score (nSPS) is 21.5. The summed E-state index contributed by atoms with van der Waals surface area (Å²) in [4.78, 5) is 0. The van der Waals surface area contributed by atoms with E-state index >= 15 is 0 Å². The van der Waals surface area contributed by atoms with Crippen LogP contribution in [-0.4, -0.2) is 24.3 Å². The highest BCUT2D eigenvalue weighted by Gasteiger charge is 2.27. The van der Waals surface area contributed by atoms with Crippen molar-refractivity contribution in [3.05, 3.63) is 28.8 Å². The molecule has 4 N–H and O–H groups in total. The standard InChI is InChI=1S/C10H13ClN2O/c11-6-1-2-9-7(3-6)8(5-13-9)10(14)4-12/h1-3,8,10,13-14H,4-5,12H2. The number of hydrogen-bond acceptors (Lipinski definition) is 3. The molecule has 0 aliphatic carbocycles. The maximum Gasteiger partial charge on any atom is 0.0748 e. The SMILES string of the molecule is NCC(O)C1CNc2ccc(Cl)cc21. The molecule has 0 aromatic heterocycles. The number of aliphatic hydroxyl groups is 1. The number of benzene rings is 1. The summed E-state index contributed by atoms with van der Waals surface area (Å²) in [6, 6.07) is 5.66. The van der Waals surface area contributed by atoms with E-state index in [1.165, 1.54) is 0 Å². The number of nitrogens with one attached hydrogen (secondary N) is 1. The fourth-order valence-corrected chi connectivity index (χ4v) is 2.02. The molecule has 1 aromatic rings. The molecule has 76 valence electrons. The van der Waals surface area contributed by atoms with E-state index in [0.29, 0.717) is 5.02 Å². The molecule has 0 bridgehead atoms. The van der Waals surface area contributed by atoms with Crippen LogP contribution in [0.1, 0.15) is 11.5 Å². The molecule has 0 saturated carbocycles. The molecule has 4 heteroatoms. The number of hydrogen-bond donors (Lipinski definition) is 3. The average molecular weight is 213 g/mol. The van der Waals surface area contributed by atoms with E-state index in [-0.39, 0.29) is 12.5 Å². The molecule has 3 nitrogen and oxygen atoms in total. The van der Waals surface area contributed by atoms with E-state index in [1.54, 1.807) is 0 Å². The first kappa shape index (κ1) is 9.77. The molecule has 1 heterocycles. The van der Waals surface area contributed by atoms with Gasteiger partial charge in [0, 0.05) is 29.7 Å². The second-order valence-corrected chi connectivity index (χ2v) is 3.96. The number of aliphatic hydroxyl groups excluding tert-OH is 1. The highest BCUT2D eigenvalue weighted by Crippen LogP contribution is 2.35. The number of fused-ring (bicyclic) bond motifs is 1. The second kappa shape index (κ2) is 3.77. The van der Waals surface area contributed by atoms with Gasteiger partial charge in [-0.1, -0.05) is 11.6 Å². The summed E-state index contributed by atoms with van der Waals surface area (Å²) >= 11 is 5.90. The number of halogens is 1. The first-order valence-electron chi connectivity index (χ1n) is 4.64. The van der Waals surface area contributed by atoms with Crippen LogP contribution in [0.5, 0.6) is 0 Å². The predicted molar refractivity (Wildman–Crippen MR) is 57.7 cm³/mol. The number of nitrogens with two attached hydrogens (primary N) is 1. The largest absolute Gasteiger partial charge is 0.391 e. The van der Waals surface area contributed by atoms with Gasteiger partial charge in [-0.3, -0.25) is 0 Å². The highest BCUT2D eigenvalue weighted by atomic mass is 35.5. The zero-order chi connectivity index (χ0) is 10.1. The van der Waals surface area contributed by atoms with Crippen LogP contribution < -0.4 is 11.1 Å². The van der Waals surface area contributed by atoms with Crippen molar-refractivity contribution < 1.29 is 5.11 Å². The molecular formula is C10H13ClN2O. The van der Waals surface area contributed by atoms with E-state index in [4.69, 9.17) is 17.3 Å². The van der Waals surface area contributed by atoms with E-state index in [2.05, 4.69) is 5.32 Å². The minimum atomic E-state index is -0.498. The molecule has 1 aliphatic rings. The first-order chi connectivity index (χ1) is 6.72. The van der Waals surface area contributed by atoms with Crippen LogP contribution >= 0.6 is 11.6 Å². The molecule has 2 rings (SSSR count). The van der Waals surface area contributed by atoms with Crippen molar-refractivity contribution in [3.63, 3.8) is 0 Å². The Balaban J connectivity index is 2.33. The van der Waals surface area contributed by atoms with Crippen LogP contribution in [0.2, 0.25) is 5.02 Å². The van der Waals surface area contributed by atoms with Gasteiger partial charge in [-0.15, -0.1) is 0 Å². The average Bonchev–Trinajstić information content (AvgIpc) is 2.59. The third-order valence-electron chi connectivity index (χ3n) is 2.63. The van der Waals surface area contributed by atoms with Gasteiger partial charge in [0.15, 0.2) is 0 Å². The van der Waals surface area contributed by atoms with Crippen molar-refractivity contribution in [2.45, 2.75) is 12.0 Å². The van der Waals surface area contributed by atoms with Crippen LogP contribution in [0, 0.1) is 0 Å². The summed E-state index contributed by atoms with van der Waals surface area (Å²) in [7, 11) is 0. The van der Waals surface area contributed by atoms with Gasteiger partial charge in [-0.25, -0.2) is 0 Å². The van der Waals surface area contributed by atoms with E-state index in [9.17, 15) is 5.11 Å². The molecule has 0 spiro atoms. The Labute approximate surface area is 87.9 Å². The van der Waals surface area contributed by atoms with Crippen molar-refractivity contribution in [1.29, 1.82) is 0 Å². The summed E-state index contributed by atoms with van der Waals surface area (Å²) in [6.07, 6.45) is -0.498. The minimum absolute atomic E-state index is 0.0636. The summed E-state index contributed by atoms with van der Waals surface area (Å²) in [5.74, 6) is 0.0636. The van der Waals surface area contributed by atoms with Gasteiger partial charge < -0.3 is 16.2 Å². The molecule has 0 radical (unpaired) electrons. The van der Waals surface area contributed by atoms with Gasteiger partial charge in [0.25, 0.3) is 0 Å². The Morgan fingerprint density at radius 2 is 2.43 bits per heavy atom. The van der Waals surface area contributed by atoms with E-state index < -0.39 is 6.10 Å². The van der Waals surface area contributed by atoms with E-state index in [1.807, 2.05) is 18.2 Å². The van der Waals surface area contributed by atoms with Crippen molar-refractivity contribution in [2.75, 3.05) is 18.4 Å². The minimum Gasteiger partial charge on any atom is -0.391 e. The van der Waals surface area contributed by atoms with E-state index in [0.717, 1.165) is 17.8 Å². The lowest BCUT2D eigenvalue weighted by atomic mass is 9.95. The smallest absolute Gasteiger partial charge is 0.0748 e. The van der Waals surface area contributed by atoms with Crippen molar-refractivity contribution in [3.8, 4) is 0 Å². The molecule has 2 atom stereocenters. The van der Waals surface area contributed by atoms with Gasteiger partial charge in [0.2, 0.25) is 0 Å². The quantitative estimate of drug-likeness (QED) is 0.690. The van der Waals surface area contributed by atoms with Crippen LogP contribution in [0.15, 0.2) is 18.2 Å². The zero-order valence-corrected chi connectivity index (χ0v) is 8.46. The Morgan fingerprint density at radius 1 is 1.64 bits per heavy atom. The second-order valence-electron chi connectivity index (χ2n) is 3.52. The van der Waals surface area contributed by atoms with Gasteiger partial charge in [-0.2, -0.15) is 0 Å². The van der Waals surface area contributed by atoms with Crippen LogP contribution in [-0.2, 0) is 0 Å². The Morgan fingerprint density at radius 3 is 3.14 bits per heavy atom. The van der Waals surface area contributed by atoms with Crippen LogP contribution in [0.4, 0.5) is 5.69 Å². The lowest BCUT2D eigenvalue weighted by molar-refractivity contribution is 0.158. The Bertz CT molecular complexity index is 343. The van der Waals surface area contributed by atoms with Gasteiger partial charge >= 0.3 is 0 Å². The van der Waals surface area contributed by atoms with Gasteiger partial charge in [-0.05, 0) is 23.8 Å². The van der Waals surface area contributed by atoms with Crippen LogP contribution in [0.25, 0.3) is 0 Å². The van der Waals surface area contributed by atoms with Gasteiger partial charge in [0.1, 0.15) is 0 Å². The summed E-state index contributed by atoms with van der Waals surface area (Å²) in [5.41, 5.74) is 7.55. The fourth-order valence-electron chi connectivity index (χ4n) is 1.84. The fraction of sp³-hybridized carbons (Fsp3) is 0.400. The number of anilines is 1. The lowest BCUT2D eigenvalue weighted by Gasteiger charge is -2.15. The van der Waals surface area contributed by atoms with Crippen molar-refractivity contribution in [1.82, 2.24) is 0 Å². The van der Waals surface area contributed by atoms with Gasteiger partial charge in [0.05, 0.1) is 6.10 Å². The molecule has 0 amide bonds. The topological polar surface area (TPSA) is 58.3 Å². The maximum atomic E-state index is 9.69. The molecule has 1 aliphatic heterocycles. The van der Waals surface area contributed by atoms with Crippen molar-refractivity contribution in [2.24, 2.45) is 5.73 Å².